The second kappa shape index (κ2) is 6.90. The Labute approximate surface area is 146 Å². The van der Waals surface area contributed by atoms with Crippen LogP contribution in [0.5, 0.6) is 11.6 Å². The first-order valence-electron chi connectivity index (χ1n) is 7.58. The van der Waals surface area contributed by atoms with E-state index in [-0.39, 0.29) is 4.90 Å². The van der Waals surface area contributed by atoms with Crippen LogP contribution in [0.25, 0.3) is 0 Å². The number of hydrogen-bond donors (Lipinski definition) is 1. The lowest BCUT2D eigenvalue weighted by atomic mass is 10.2. The summed E-state index contributed by atoms with van der Waals surface area (Å²) in [6, 6.07) is 12.0. The highest BCUT2D eigenvalue weighted by Crippen LogP contribution is 2.25. The summed E-state index contributed by atoms with van der Waals surface area (Å²) >= 11 is 0. The summed E-state index contributed by atoms with van der Waals surface area (Å²) in [5.41, 5.74) is 1.97. The van der Waals surface area contributed by atoms with Crippen molar-refractivity contribution in [1.82, 2.24) is 9.97 Å². The minimum absolute atomic E-state index is 0.257. The van der Waals surface area contributed by atoms with Crippen molar-refractivity contribution in [2.75, 3.05) is 4.72 Å². The molecular formula is C18H17N3O3S. The topological polar surface area (TPSA) is 81.2 Å². The zero-order valence-corrected chi connectivity index (χ0v) is 14.6. The van der Waals surface area contributed by atoms with Gasteiger partial charge in [-0.3, -0.25) is 9.71 Å². The van der Waals surface area contributed by atoms with Crippen LogP contribution in [0, 0.1) is 13.8 Å². The summed E-state index contributed by atoms with van der Waals surface area (Å²) in [5.74, 6) is 0.790. The summed E-state index contributed by atoms with van der Waals surface area (Å²) in [6.45, 7) is 3.62. The minimum Gasteiger partial charge on any atom is -0.437 e. The van der Waals surface area contributed by atoms with Crippen LogP contribution >= 0.6 is 0 Å². The molecule has 0 fully saturated rings. The normalized spacial score (nSPS) is 11.1. The summed E-state index contributed by atoms with van der Waals surface area (Å²) in [5, 5.41) is 0. The van der Waals surface area contributed by atoms with Crippen molar-refractivity contribution >= 4 is 15.7 Å². The first kappa shape index (κ1) is 16.9. The Morgan fingerprint density at radius 3 is 2.64 bits per heavy atom. The minimum atomic E-state index is -3.69. The highest BCUT2D eigenvalue weighted by Gasteiger charge is 2.17. The highest BCUT2D eigenvalue weighted by molar-refractivity contribution is 7.92. The molecule has 2 aromatic carbocycles. The van der Waals surface area contributed by atoms with Crippen molar-refractivity contribution in [1.29, 1.82) is 0 Å². The average Bonchev–Trinajstić information content (AvgIpc) is 2.58. The van der Waals surface area contributed by atoms with Crippen molar-refractivity contribution in [2.24, 2.45) is 0 Å². The Morgan fingerprint density at radius 2 is 1.88 bits per heavy atom. The molecular weight excluding hydrogens is 338 g/mol. The first-order valence-corrected chi connectivity index (χ1v) is 9.06. The maximum Gasteiger partial charge on any atom is 0.262 e. The Bertz CT molecular complexity index is 989. The maximum atomic E-state index is 12.7. The number of sulfonamides is 1. The number of nitrogens with zero attached hydrogens (tertiary/aromatic N) is 2. The van der Waals surface area contributed by atoms with Gasteiger partial charge in [0.25, 0.3) is 10.0 Å². The van der Waals surface area contributed by atoms with Gasteiger partial charge in [0.1, 0.15) is 5.75 Å². The molecule has 0 spiro atoms. The van der Waals surface area contributed by atoms with Crippen LogP contribution in [0.2, 0.25) is 0 Å². The maximum absolute atomic E-state index is 12.7. The predicted molar refractivity (Wildman–Crippen MR) is 95.3 cm³/mol. The molecule has 0 aliphatic heterocycles. The molecule has 1 aromatic heterocycles. The lowest BCUT2D eigenvalue weighted by Crippen LogP contribution is -2.14. The fraction of sp³-hybridized carbons (Fsp3) is 0.111. The van der Waals surface area contributed by atoms with Crippen LogP contribution in [0.1, 0.15) is 11.1 Å². The Hall–Kier alpha value is -2.93. The third kappa shape index (κ3) is 4.13. The third-order valence-corrected chi connectivity index (χ3v) is 5.00. The molecule has 0 radical (unpaired) electrons. The molecule has 0 atom stereocenters. The summed E-state index contributed by atoms with van der Waals surface area (Å²) in [4.78, 5) is 8.20. The number of aromatic nitrogens is 2. The number of benzene rings is 2. The van der Waals surface area contributed by atoms with Crippen LogP contribution in [-0.4, -0.2) is 18.4 Å². The van der Waals surface area contributed by atoms with Crippen LogP contribution in [0.3, 0.4) is 0 Å². The third-order valence-electron chi connectivity index (χ3n) is 3.48. The Balaban J connectivity index is 1.85. The van der Waals surface area contributed by atoms with Crippen LogP contribution in [0.4, 0.5) is 5.69 Å². The lowest BCUT2D eigenvalue weighted by molar-refractivity contribution is 0.460. The summed E-state index contributed by atoms with van der Waals surface area (Å²) < 4.78 is 33.5. The second-order valence-electron chi connectivity index (χ2n) is 5.55. The number of aryl methyl sites for hydroxylation is 2. The fourth-order valence-electron chi connectivity index (χ4n) is 2.29. The summed E-state index contributed by atoms with van der Waals surface area (Å²) in [7, 11) is -3.69. The van der Waals surface area contributed by atoms with Gasteiger partial charge in [-0.25, -0.2) is 13.4 Å². The number of anilines is 1. The van der Waals surface area contributed by atoms with Gasteiger partial charge >= 0.3 is 0 Å². The molecule has 128 valence electrons. The van der Waals surface area contributed by atoms with E-state index in [2.05, 4.69) is 14.7 Å². The predicted octanol–water partition coefficient (Wildman–Crippen LogP) is 3.69. The molecule has 3 aromatic rings. The molecule has 0 amide bonds. The van der Waals surface area contributed by atoms with E-state index in [0.29, 0.717) is 22.9 Å². The fourth-order valence-corrected chi connectivity index (χ4v) is 3.67. The molecule has 25 heavy (non-hydrogen) atoms. The van der Waals surface area contributed by atoms with E-state index in [9.17, 15) is 8.42 Å². The largest absolute Gasteiger partial charge is 0.437 e. The van der Waals surface area contributed by atoms with Crippen molar-refractivity contribution in [3.63, 3.8) is 0 Å². The number of hydrogen-bond acceptors (Lipinski definition) is 5. The van der Waals surface area contributed by atoms with E-state index < -0.39 is 10.0 Å². The molecule has 6 nitrogen and oxygen atoms in total. The van der Waals surface area contributed by atoms with E-state index in [4.69, 9.17) is 4.74 Å². The lowest BCUT2D eigenvalue weighted by Gasteiger charge is -2.12. The highest BCUT2D eigenvalue weighted by atomic mass is 32.2. The van der Waals surface area contributed by atoms with E-state index in [1.807, 2.05) is 13.0 Å². The summed E-state index contributed by atoms with van der Waals surface area (Å²) in [6.07, 6.45) is 4.54. The number of rotatable bonds is 5. The number of ether oxygens (including phenoxy) is 1. The molecule has 0 unspecified atom stereocenters. The molecule has 1 N–H and O–H groups in total. The molecule has 1 heterocycles. The molecule has 3 rings (SSSR count). The molecule has 0 aliphatic rings. The zero-order valence-electron chi connectivity index (χ0n) is 13.8. The molecule has 0 saturated heterocycles. The monoisotopic (exact) mass is 355 g/mol. The zero-order chi connectivity index (χ0) is 17.9. The van der Waals surface area contributed by atoms with Gasteiger partial charge in [-0.05, 0) is 43.2 Å². The first-order chi connectivity index (χ1) is 11.9. The molecule has 0 saturated carbocycles. The van der Waals surface area contributed by atoms with Gasteiger partial charge in [0, 0.05) is 18.5 Å². The van der Waals surface area contributed by atoms with Crippen LogP contribution in [0.15, 0.2) is 66.0 Å². The van der Waals surface area contributed by atoms with Gasteiger partial charge < -0.3 is 4.74 Å². The molecule has 0 bridgehead atoms. The van der Waals surface area contributed by atoms with Gasteiger partial charge in [-0.2, -0.15) is 0 Å². The van der Waals surface area contributed by atoms with E-state index in [1.54, 1.807) is 49.5 Å². The van der Waals surface area contributed by atoms with Crippen molar-refractivity contribution < 1.29 is 13.2 Å². The average molecular weight is 355 g/mol. The van der Waals surface area contributed by atoms with Crippen molar-refractivity contribution in [2.45, 2.75) is 18.7 Å². The van der Waals surface area contributed by atoms with Crippen LogP contribution in [-0.2, 0) is 10.0 Å². The van der Waals surface area contributed by atoms with Gasteiger partial charge in [0.2, 0.25) is 5.88 Å². The number of nitrogens with one attached hydrogen (secondary N) is 1. The van der Waals surface area contributed by atoms with Crippen molar-refractivity contribution in [3.8, 4) is 11.6 Å². The van der Waals surface area contributed by atoms with E-state index in [1.165, 1.54) is 12.4 Å². The molecule has 7 heteroatoms. The SMILES string of the molecule is Cc1ccc(C)c(S(=O)(=O)Nc2cccc(Oc3cnccn3)c2)c1. The Morgan fingerprint density at radius 1 is 1.04 bits per heavy atom. The Kier molecular flexibility index (Phi) is 4.67. The standard InChI is InChI=1S/C18H17N3O3S/c1-13-6-7-14(2)17(10-13)25(22,23)21-15-4-3-5-16(11-15)24-18-12-19-8-9-20-18/h3-12,21H,1-2H3. The second-order valence-corrected chi connectivity index (χ2v) is 7.20. The smallest absolute Gasteiger partial charge is 0.262 e. The molecule has 0 aliphatic carbocycles. The van der Waals surface area contributed by atoms with Crippen molar-refractivity contribution in [3.05, 3.63) is 72.2 Å². The van der Waals surface area contributed by atoms with Gasteiger partial charge in [-0.1, -0.05) is 18.2 Å². The van der Waals surface area contributed by atoms with E-state index >= 15 is 0 Å². The van der Waals surface area contributed by atoms with Crippen LogP contribution < -0.4 is 9.46 Å². The van der Waals surface area contributed by atoms with Gasteiger partial charge in [0.05, 0.1) is 16.8 Å². The quantitative estimate of drug-likeness (QED) is 0.755. The van der Waals surface area contributed by atoms with Gasteiger partial charge in [0.15, 0.2) is 0 Å². The van der Waals surface area contributed by atoms with Gasteiger partial charge in [-0.15, -0.1) is 0 Å². The van der Waals surface area contributed by atoms with E-state index in [0.717, 1.165) is 5.56 Å².